The molecule has 0 N–H and O–H groups in total. The Morgan fingerprint density at radius 3 is 1.58 bits per heavy atom. The van der Waals surface area contributed by atoms with Crippen molar-refractivity contribution in [2.45, 2.75) is 0 Å². The Morgan fingerprint density at radius 2 is 0.930 bits per heavy atom. The maximum Gasteiger partial charge on any atom is 0.164 e. The molecule has 6 heteroatoms. The van der Waals surface area contributed by atoms with Gasteiger partial charge in [0.15, 0.2) is 17.5 Å². The van der Waals surface area contributed by atoms with Gasteiger partial charge in [-0.1, -0.05) is 121 Å². The van der Waals surface area contributed by atoms with Gasteiger partial charge in [-0.2, -0.15) is 0 Å². The van der Waals surface area contributed by atoms with E-state index in [4.69, 9.17) is 34.8 Å². The lowest BCUT2D eigenvalue weighted by Crippen LogP contribution is -2.00. The van der Waals surface area contributed by atoms with Crippen molar-refractivity contribution >= 4 is 65.7 Å². The van der Waals surface area contributed by atoms with E-state index in [9.17, 15) is 0 Å². The second kappa shape index (κ2) is 12.3. The van der Waals surface area contributed by atoms with Crippen LogP contribution in [0.1, 0.15) is 11.0 Å². The van der Waals surface area contributed by atoms with E-state index in [-0.39, 0.29) is 46.0 Å². The van der Waals surface area contributed by atoms with Crippen LogP contribution < -0.4 is 0 Å². The molecule has 12 aromatic rings. The van der Waals surface area contributed by atoms with Crippen LogP contribution in [-0.4, -0.2) is 19.5 Å². The summed E-state index contributed by atoms with van der Waals surface area (Å²) in [5, 5.41) is 3.47. The van der Waals surface area contributed by atoms with Gasteiger partial charge in [-0.05, 0) is 65.7 Å². The Kier molecular flexibility index (Phi) is 5.32. The van der Waals surface area contributed by atoms with Gasteiger partial charge in [-0.15, -0.1) is 0 Å². The Labute approximate surface area is 337 Å². The van der Waals surface area contributed by atoms with Gasteiger partial charge in [0.1, 0.15) is 22.3 Å². The summed E-state index contributed by atoms with van der Waals surface area (Å²) in [6.45, 7) is 0. The van der Waals surface area contributed by atoms with E-state index in [2.05, 4.69) is 0 Å². The smallest absolute Gasteiger partial charge is 0.164 e. The summed E-state index contributed by atoms with van der Waals surface area (Å²) in [6.07, 6.45) is 0. The predicted octanol–water partition coefficient (Wildman–Crippen LogP) is 13.4. The van der Waals surface area contributed by atoms with E-state index in [1.165, 1.54) is 4.57 Å². The van der Waals surface area contributed by atoms with Gasteiger partial charge in [-0.3, -0.25) is 0 Å². The molecule has 0 spiro atoms. The van der Waals surface area contributed by atoms with Crippen LogP contribution in [0.4, 0.5) is 0 Å². The fourth-order valence-corrected chi connectivity index (χ4v) is 7.88. The van der Waals surface area contributed by atoms with E-state index in [0.717, 1.165) is 49.4 Å². The van der Waals surface area contributed by atoms with Crippen LogP contribution in [0.5, 0.6) is 0 Å². The van der Waals surface area contributed by atoms with Crippen molar-refractivity contribution in [2.75, 3.05) is 0 Å². The molecule has 0 saturated carbocycles. The summed E-state index contributed by atoms with van der Waals surface area (Å²) in [4.78, 5) is 14.8. The second-order valence-electron chi connectivity index (χ2n) is 13.8. The zero-order valence-electron chi connectivity index (χ0n) is 37.8. The number of fused-ring (bicyclic) bond motifs is 9. The molecule has 4 heterocycles. The molecule has 0 bridgehead atoms. The first-order chi connectivity index (χ1) is 31.5. The molecular formula is C51H30N4O2. The average Bonchev–Trinajstić information content (AvgIpc) is 4.03. The second-order valence-corrected chi connectivity index (χ2v) is 13.8. The van der Waals surface area contributed by atoms with E-state index >= 15 is 0 Å². The molecule has 57 heavy (non-hydrogen) atoms. The third kappa shape index (κ3) is 5.01. The molecule has 0 unspecified atom stereocenters. The number of para-hydroxylation sites is 2. The van der Waals surface area contributed by atoms with Crippen molar-refractivity contribution in [3.8, 4) is 51.0 Å². The SMILES string of the molecule is [2H]c1c([2H])c([2H])c2c(c1[2H])c1c([2H])c([2H])c([2H])c([2H])c1n2-c1ccc2c(c1)oc1cc(-c3ccc4c(c3)oc3cccc(-c5nc(-c6ccccc6)nc(-c6ccccc6)n5)c34)ccc12. The normalized spacial score (nSPS) is 13.8. The highest BCUT2D eigenvalue weighted by Gasteiger charge is 2.19. The zero-order valence-corrected chi connectivity index (χ0v) is 29.8. The topological polar surface area (TPSA) is 69.9 Å². The predicted molar refractivity (Wildman–Crippen MR) is 230 cm³/mol. The summed E-state index contributed by atoms with van der Waals surface area (Å²) in [6, 6.07) is 39.6. The molecular weight excluding hydrogens is 701 g/mol. The van der Waals surface area contributed by atoms with Crippen LogP contribution >= 0.6 is 0 Å². The van der Waals surface area contributed by atoms with Crippen molar-refractivity contribution in [3.63, 3.8) is 0 Å². The summed E-state index contributed by atoms with van der Waals surface area (Å²) in [5.74, 6) is 1.66. The standard InChI is InChI=1S/C51H30N4O2/c1-3-12-31(13-4-1)49-52-50(32-14-5-2-6-15-32)54-51(53-49)41-18-11-21-44-48(41)40-26-23-34(29-46(40)56-44)33-22-25-38-39-27-24-35(30-47(39)57-45(38)28-33)55-42-19-9-7-16-36(42)37-17-8-10-20-43(37)55/h1-30H/i7D,8D,9D,10D,16D,17D,19D,20D. The highest BCUT2D eigenvalue weighted by molar-refractivity contribution is 6.13. The average molecular weight is 739 g/mol. The molecule has 12 rings (SSSR count). The first-order valence-electron chi connectivity index (χ1n) is 22.4. The number of hydrogen-bond donors (Lipinski definition) is 0. The van der Waals surface area contributed by atoms with Crippen LogP contribution in [0.15, 0.2) is 191 Å². The Bertz CT molecular complexity index is 3860. The van der Waals surface area contributed by atoms with Crippen LogP contribution in [0.3, 0.4) is 0 Å². The van der Waals surface area contributed by atoms with Crippen LogP contribution in [0.25, 0.3) is 117 Å². The fourth-order valence-electron chi connectivity index (χ4n) is 7.88. The molecule has 6 nitrogen and oxygen atoms in total. The van der Waals surface area contributed by atoms with E-state index in [1.807, 2.05) is 121 Å². The van der Waals surface area contributed by atoms with Gasteiger partial charge in [-0.25, -0.2) is 15.0 Å². The minimum Gasteiger partial charge on any atom is -0.456 e. The van der Waals surface area contributed by atoms with Crippen molar-refractivity contribution in [1.82, 2.24) is 19.5 Å². The van der Waals surface area contributed by atoms with E-state index in [1.54, 1.807) is 12.1 Å². The van der Waals surface area contributed by atoms with Gasteiger partial charge in [0.25, 0.3) is 0 Å². The number of hydrogen-bond acceptors (Lipinski definition) is 5. The maximum absolute atomic E-state index is 8.89. The van der Waals surface area contributed by atoms with Gasteiger partial charge < -0.3 is 13.4 Å². The molecule has 0 saturated heterocycles. The quantitative estimate of drug-likeness (QED) is 0.176. The Morgan fingerprint density at radius 1 is 0.404 bits per heavy atom. The third-order valence-electron chi connectivity index (χ3n) is 10.5. The lowest BCUT2D eigenvalue weighted by atomic mass is 10.0. The first kappa shape index (κ1) is 24.6. The highest BCUT2D eigenvalue weighted by atomic mass is 16.3. The van der Waals surface area contributed by atoms with Crippen molar-refractivity contribution < 1.29 is 19.8 Å². The number of aromatic nitrogens is 4. The number of nitrogens with zero attached hydrogens (tertiary/aromatic N) is 4. The first-order valence-corrected chi connectivity index (χ1v) is 18.4. The Balaban J connectivity index is 0.972. The van der Waals surface area contributed by atoms with Crippen LogP contribution in [0, 0.1) is 0 Å². The molecule has 0 radical (unpaired) electrons. The molecule has 4 aromatic heterocycles. The van der Waals surface area contributed by atoms with E-state index in [0.29, 0.717) is 45.5 Å². The zero-order chi connectivity index (χ0) is 44.4. The molecule has 0 aliphatic carbocycles. The molecule has 0 fully saturated rings. The van der Waals surface area contributed by atoms with Crippen molar-refractivity contribution in [3.05, 3.63) is 182 Å². The number of benzene rings is 8. The largest absolute Gasteiger partial charge is 0.456 e. The Hall–Kier alpha value is -7.83. The van der Waals surface area contributed by atoms with Gasteiger partial charge >= 0.3 is 0 Å². The number of rotatable bonds is 5. The van der Waals surface area contributed by atoms with Gasteiger partial charge in [0.2, 0.25) is 0 Å². The minimum absolute atomic E-state index is 0.0186. The lowest BCUT2D eigenvalue weighted by Gasteiger charge is -2.09. The molecule has 0 aliphatic rings. The lowest BCUT2D eigenvalue weighted by molar-refractivity contribution is 0.668. The minimum atomic E-state index is -0.489. The summed E-state index contributed by atoms with van der Waals surface area (Å²) in [7, 11) is 0. The number of furan rings is 2. The summed E-state index contributed by atoms with van der Waals surface area (Å²) >= 11 is 0. The molecule has 0 atom stereocenters. The van der Waals surface area contributed by atoms with Crippen molar-refractivity contribution in [1.29, 1.82) is 0 Å². The monoisotopic (exact) mass is 738 g/mol. The summed E-state index contributed by atoms with van der Waals surface area (Å²) < 4.78 is 83.5. The molecule has 266 valence electrons. The molecule has 0 aliphatic heterocycles. The van der Waals surface area contributed by atoms with Crippen LogP contribution in [-0.2, 0) is 0 Å². The summed E-state index contributed by atoms with van der Waals surface area (Å²) in [5.41, 5.74) is 7.31. The molecule has 0 amide bonds. The van der Waals surface area contributed by atoms with E-state index < -0.39 is 24.2 Å². The molecule has 8 aromatic carbocycles. The van der Waals surface area contributed by atoms with Gasteiger partial charge in [0, 0.05) is 60.8 Å². The van der Waals surface area contributed by atoms with Gasteiger partial charge in [0.05, 0.1) is 22.0 Å². The van der Waals surface area contributed by atoms with Crippen LogP contribution in [0.2, 0.25) is 0 Å². The van der Waals surface area contributed by atoms with Crippen molar-refractivity contribution in [2.24, 2.45) is 0 Å². The highest BCUT2D eigenvalue weighted by Crippen LogP contribution is 2.40. The maximum atomic E-state index is 8.89. The third-order valence-corrected chi connectivity index (χ3v) is 10.5. The fraction of sp³-hybridized carbons (Fsp3) is 0.